The van der Waals surface area contributed by atoms with Crippen LogP contribution in [0, 0.1) is 36.5 Å². The highest BCUT2D eigenvalue weighted by Crippen LogP contribution is 2.46. The molecule has 9 nitrogen and oxygen atoms in total. The highest BCUT2D eigenvalue weighted by molar-refractivity contribution is 6.12. The van der Waals surface area contributed by atoms with Crippen molar-refractivity contribution in [2.24, 2.45) is 11.3 Å². The molecule has 2 heterocycles. The van der Waals surface area contributed by atoms with Crippen molar-refractivity contribution in [1.82, 2.24) is 10.2 Å². The predicted molar refractivity (Wildman–Crippen MR) is 159 cm³/mol. The number of hydrogen-bond acceptors (Lipinski definition) is 5. The van der Waals surface area contributed by atoms with E-state index in [0.717, 1.165) is 29.5 Å². The molecule has 3 atom stereocenters. The lowest BCUT2D eigenvalue weighted by atomic mass is 9.80. The minimum atomic E-state index is -1.30. The van der Waals surface area contributed by atoms with Crippen molar-refractivity contribution in [3.63, 3.8) is 0 Å². The van der Waals surface area contributed by atoms with Crippen molar-refractivity contribution in [3.05, 3.63) is 59.2 Å². The molecule has 9 heteroatoms. The van der Waals surface area contributed by atoms with Gasteiger partial charge in [0.1, 0.15) is 17.5 Å². The van der Waals surface area contributed by atoms with E-state index in [4.69, 9.17) is 0 Å². The predicted octanol–water partition coefficient (Wildman–Crippen LogP) is 4.35. The normalized spacial score (nSPS) is 22.9. The summed E-state index contributed by atoms with van der Waals surface area (Å²) >= 11 is 0. The van der Waals surface area contributed by atoms with Crippen molar-refractivity contribution in [2.75, 3.05) is 17.2 Å². The van der Waals surface area contributed by atoms with Gasteiger partial charge in [-0.15, -0.1) is 0 Å². The Hall–Kier alpha value is -4.19. The summed E-state index contributed by atoms with van der Waals surface area (Å²) in [6.07, 6.45) is 2.77. The summed E-state index contributed by atoms with van der Waals surface area (Å²) in [7, 11) is 0. The molecule has 2 fully saturated rings. The van der Waals surface area contributed by atoms with Crippen LogP contribution in [-0.2, 0) is 24.6 Å². The van der Waals surface area contributed by atoms with Gasteiger partial charge in [0.2, 0.25) is 23.6 Å². The van der Waals surface area contributed by atoms with E-state index in [1.54, 1.807) is 0 Å². The van der Waals surface area contributed by atoms with Crippen LogP contribution in [0.3, 0.4) is 0 Å². The van der Waals surface area contributed by atoms with E-state index in [9.17, 15) is 24.4 Å². The van der Waals surface area contributed by atoms with Crippen LogP contribution >= 0.6 is 0 Å². The average molecular weight is 570 g/mol. The van der Waals surface area contributed by atoms with Gasteiger partial charge in [0.25, 0.3) is 0 Å². The van der Waals surface area contributed by atoms with Crippen LogP contribution in [0.2, 0.25) is 0 Å². The van der Waals surface area contributed by atoms with E-state index in [0.29, 0.717) is 30.6 Å². The summed E-state index contributed by atoms with van der Waals surface area (Å²) < 4.78 is 0. The van der Waals surface area contributed by atoms with Crippen LogP contribution in [0.4, 0.5) is 11.4 Å². The zero-order valence-corrected chi connectivity index (χ0v) is 24.8. The number of hydrogen-bond donors (Lipinski definition) is 3. The quantitative estimate of drug-likeness (QED) is 0.427. The topological polar surface area (TPSA) is 131 Å². The van der Waals surface area contributed by atoms with Crippen molar-refractivity contribution in [1.29, 1.82) is 5.26 Å². The van der Waals surface area contributed by atoms with Crippen LogP contribution in [0.1, 0.15) is 69.1 Å². The summed E-state index contributed by atoms with van der Waals surface area (Å²) in [5, 5.41) is 19.0. The standard InChI is InChI=1S/C33H39N5O4/c1-20(2)16-26(28(39)38-19-33(17-23(38)18-34)24-12-5-6-13-25(24)35-31(33)42)36-29(40)32(14-7-8-15-32)30(41)37-27-21(3)10-9-11-22(27)4/h5-6,9-13,20,23,26H,7-8,14-17,19H2,1-4H3,(H,35,42)(H,36,40)(H,37,41)/t23-,26-,33-/m0/s1. The van der Waals surface area contributed by atoms with Gasteiger partial charge in [-0.2, -0.15) is 5.26 Å². The Kier molecular flexibility index (Phi) is 7.84. The fourth-order valence-electron chi connectivity index (χ4n) is 6.96. The Bertz CT molecular complexity index is 1450. The molecule has 1 saturated heterocycles. The van der Waals surface area contributed by atoms with Crippen LogP contribution in [0.25, 0.3) is 0 Å². The lowest BCUT2D eigenvalue weighted by Gasteiger charge is -2.32. The largest absolute Gasteiger partial charge is 0.343 e. The van der Waals surface area contributed by atoms with Gasteiger partial charge < -0.3 is 20.9 Å². The van der Waals surface area contributed by atoms with Crippen molar-refractivity contribution in [3.8, 4) is 6.07 Å². The molecule has 0 aromatic heterocycles. The summed E-state index contributed by atoms with van der Waals surface area (Å²) in [4.78, 5) is 56.6. The smallest absolute Gasteiger partial charge is 0.246 e. The number of carbonyl (C=O) groups excluding carboxylic acids is 4. The number of rotatable bonds is 7. The Labute approximate surface area is 247 Å². The fraction of sp³-hybridized carbons (Fsp3) is 0.485. The lowest BCUT2D eigenvalue weighted by Crippen LogP contribution is -2.56. The minimum absolute atomic E-state index is 0.0508. The number of anilines is 2. The fourth-order valence-corrected chi connectivity index (χ4v) is 6.96. The summed E-state index contributed by atoms with van der Waals surface area (Å²) in [5.74, 6) is -1.40. The Morgan fingerprint density at radius 2 is 1.71 bits per heavy atom. The number of likely N-dealkylation sites (tertiary alicyclic amines) is 1. The van der Waals surface area contributed by atoms with Crippen molar-refractivity contribution in [2.45, 2.75) is 83.7 Å². The Morgan fingerprint density at radius 1 is 1.05 bits per heavy atom. The zero-order chi connectivity index (χ0) is 30.2. The highest BCUT2D eigenvalue weighted by Gasteiger charge is 2.57. The number of benzene rings is 2. The minimum Gasteiger partial charge on any atom is -0.343 e. The highest BCUT2D eigenvalue weighted by atomic mass is 16.2. The molecule has 220 valence electrons. The van der Waals surface area contributed by atoms with E-state index in [2.05, 4.69) is 22.0 Å². The summed E-state index contributed by atoms with van der Waals surface area (Å²) in [6, 6.07) is 13.6. The van der Waals surface area contributed by atoms with E-state index in [1.807, 2.05) is 70.2 Å². The molecule has 3 N–H and O–H groups in total. The molecule has 1 spiro atoms. The number of amides is 4. The van der Waals surface area contributed by atoms with Crippen LogP contribution in [0.5, 0.6) is 0 Å². The van der Waals surface area contributed by atoms with Gasteiger partial charge in [-0.3, -0.25) is 19.2 Å². The van der Waals surface area contributed by atoms with Crippen LogP contribution in [-0.4, -0.2) is 47.2 Å². The molecule has 2 aromatic carbocycles. The molecule has 5 rings (SSSR count). The van der Waals surface area contributed by atoms with Gasteiger partial charge in [0.05, 0.1) is 11.5 Å². The van der Waals surface area contributed by atoms with E-state index < -0.39 is 34.7 Å². The monoisotopic (exact) mass is 569 g/mol. The van der Waals surface area contributed by atoms with Gasteiger partial charge in [-0.05, 0) is 61.8 Å². The number of para-hydroxylation sites is 2. The number of aryl methyl sites for hydroxylation is 2. The van der Waals surface area contributed by atoms with Crippen LogP contribution < -0.4 is 16.0 Å². The maximum Gasteiger partial charge on any atom is 0.246 e. The third kappa shape index (κ3) is 4.93. The van der Waals surface area contributed by atoms with E-state index in [1.165, 1.54) is 4.90 Å². The first kappa shape index (κ1) is 29.3. The molecule has 42 heavy (non-hydrogen) atoms. The van der Waals surface area contributed by atoms with Gasteiger partial charge in [0, 0.05) is 24.3 Å². The molecule has 2 aromatic rings. The number of nitriles is 1. The first-order valence-electron chi connectivity index (χ1n) is 14.8. The number of carbonyl (C=O) groups is 4. The first-order valence-corrected chi connectivity index (χ1v) is 14.8. The lowest BCUT2D eigenvalue weighted by molar-refractivity contribution is -0.145. The second-order valence-electron chi connectivity index (χ2n) is 12.6. The average Bonchev–Trinajstić information content (AvgIpc) is 3.67. The van der Waals surface area contributed by atoms with Gasteiger partial charge in [-0.25, -0.2) is 0 Å². The van der Waals surface area contributed by atoms with Gasteiger partial charge >= 0.3 is 0 Å². The number of nitrogens with zero attached hydrogens (tertiary/aromatic N) is 2. The molecular formula is C33H39N5O4. The second kappa shape index (κ2) is 11.2. The summed E-state index contributed by atoms with van der Waals surface area (Å²) in [6.45, 7) is 7.80. The third-order valence-corrected chi connectivity index (χ3v) is 9.27. The Morgan fingerprint density at radius 3 is 2.36 bits per heavy atom. The molecule has 1 saturated carbocycles. The molecule has 0 radical (unpaired) electrons. The number of fused-ring (bicyclic) bond motifs is 2. The van der Waals surface area contributed by atoms with E-state index in [-0.39, 0.29) is 30.7 Å². The maximum absolute atomic E-state index is 14.1. The van der Waals surface area contributed by atoms with Crippen LogP contribution in [0.15, 0.2) is 42.5 Å². The molecule has 1 aliphatic carbocycles. The second-order valence-corrected chi connectivity index (χ2v) is 12.6. The molecule has 0 bridgehead atoms. The van der Waals surface area contributed by atoms with E-state index >= 15 is 0 Å². The van der Waals surface area contributed by atoms with Crippen molar-refractivity contribution < 1.29 is 19.2 Å². The molecule has 0 unspecified atom stereocenters. The molecule has 2 aliphatic heterocycles. The zero-order valence-electron chi connectivity index (χ0n) is 24.8. The molecular weight excluding hydrogens is 530 g/mol. The van der Waals surface area contributed by atoms with Gasteiger partial charge in [-0.1, -0.05) is 63.1 Å². The molecule has 4 amide bonds. The third-order valence-electron chi connectivity index (χ3n) is 9.27. The summed E-state index contributed by atoms with van der Waals surface area (Å²) in [5.41, 5.74) is 1.68. The maximum atomic E-state index is 14.1. The van der Waals surface area contributed by atoms with Crippen molar-refractivity contribution >= 4 is 35.0 Å². The first-order chi connectivity index (χ1) is 20.0. The SMILES string of the molecule is Cc1cccc(C)c1NC(=O)C1(C(=O)N[C@@H](CC(C)C)C(=O)N2C[C@]3(C[C@H]2C#N)C(=O)Nc2ccccc23)CCCC1. The number of nitrogens with one attached hydrogen (secondary N) is 3. The molecule has 3 aliphatic rings. The van der Waals surface area contributed by atoms with Gasteiger partial charge in [0.15, 0.2) is 0 Å². The Balaban J connectivity index is 1.41.